The maximum absolute atomic E-state index is 13.6. The molecule has 0 aliphatic rings. The fourth-order valence-corrected chi connectivity index (χ4v) is 1.38. The quantitative estimate of drug-likeness (QED) is 0.582. The minimum Gasteiger partial charge on any atom is -0.480 e. The van der Waals surface area contributed by atoms with Crippen LogP contribution in [0.25, 0.3) is 0 Å². The summed E-state index contributed by atoms with van der Waals surface area (Å²) in [5.41, 5.74) is -0.997. The molecule has 1 unspecified atom stereocenters. The van der Waals surface area contributed by atoms with E-state index in [1.165, 1.54) is 7.11 Å². The first-order chi connectivity index (χ1) is 9.36. The first-order valence-electron chi connectivity index (χ1n) is 5.33. The molecule has 0 bridgehead atoms. The van der Waals surface area contributed by atoms with E-state index in [-0.39, 0.29) is 6.61 Å². The zero-order chi connectivity index (χ0) is 15.3. The molecule has 0 aliphatic heterocycles. The molecule has 0 saturated heterocycles. The Balaban J connectivity index is 2.92. The van der Waals surface area contributed by atoms with Gasteiger partial charge >= 0.3 is 5.97 Å². The van der Waals surface area contributed by atoms with Gasteiger partial charge in [0.2, 0.25) is 0 Å². The number of rotatable bonds is 6. The van der Waals surface area contributed by atoms with E-state index in [0.29, 0.717) is 6.07 Å². The van der Waals surface area contributed by atoms with Gasteiger partial charge < -0.3 is 15.2 Å². The van der Waals surface area contributed by atoms with E-state index in [1.54, 1.807) is 0 Å². The van der Waals surface area contributed by atoms with E-state index in [4.69, 9.17) is 5.11 Å². The molecular formula is C11H11FN2O6. The number of carboxylic acids is 1. The number of ether oxygens (including phenoxy) is 1. The van der Waals surface area contributed by atoms with Crippen molar-refractivity contribution in [1.29, 1.82) is 0 Å². The fourth-order valence-electron chi connectivity index (χ4n) is 1.38. The molecule has 0 heterocycles. The number of nitro benzene ring substituents is 1. The number of carbonyl (C=O) groups excluding carboxylic acids is 1. The Morgan fingerprint density at radius 3 is 2.65 bits per heavy atom. The molecule has 1 rings (SSSR count). The predicted molar refractivity (Wildman–Crippen MR) is 63.8 cm³/mol. The number of hydrogen-bond acceptors (Lipinski definition) is 5. The SMILES string of the molecule is COCC(NC(=O)c1ccc([N+](=O)[O-])cc1F)C(=O)O. The van der Waals surface area contributed by atoms with Crippen LogP contribution < -0.4 is 5.32 Å². The third-order valence-corrected chi connectivity index (χ3v) is 2.34. The third-order valence-electron chi connectivity index (χ3n) is 2.34. The van der Waals surface area contributed by atoms with Crippen molar-refractivity contribution in [3.63, 3.8) is 0 Å². The largest absolute Gasteiger partial charge is 0.480 e. The van der Waals surface area contributed by atoms with Crippen molar-refractivity contribution in [2.24, 2.45) is 0 Å². The summed E-state index contributed by atoms with van der Waals surface area (Å²) in [7, 11) is 1.24. The van der Waals surface area contributed by atoms with Gasteiger partial charge in [-0.1, -0.05) is 0 Å². The molecule has 0 saturated carbocycles. The van der Waals surface area contributed by atoms with Crippen LogP contribution >= 0.6 is 0 Å². The van der Waals surface area contributed by atoms with Crippen LogP contribution in [0.4, 0.5) is 10.1 Å². The average Bonchev–Trinajstić information content (AvgIpc) is 2.37. The van der Waals surface area contributed by atoms with Gasteiger partial charge in [-0.2, -0.15) is 0 Å². The summed E-state index contributed by atoms with van der Waals surface area (Å²) < 4.78 is 18.2. The van der Waals surface area contributed by atoms with Crippen LogP contribution in [0, 0.1) is 15.9 Å². The van der Waals surface area contributed by atoms with Gasteiger partial charge in [-0.15, -0.1) is 0 Å². The molecule has 1 amide bonds. The summed E-state index contributed by atoms with van der Waals surface area (Å²) in [6.45, 7) is -0.296. The van der Waals surface area contributed by atoms with Gasteiger partial charge in [0, 0.05) is 13.2 Å². The van der Waals surface area contributed by atoms with Gasteiger partial charge in [0.25, 0.3) is 11.6 Å². The lowest BCUT2D eigenvalue weighted by atomic mass is 10.1. The summed E-state index contributed by atoms with van der Waals surface area (Å²) >= 11 is 0. The zero-order valence-electron chi connectivity index (χ0n) is 10.3. The van der Waals surface area contributed by atoms with Gasteiger partial charge in [0.1, 0.15) is 5.82 Å². The number of hydrogen-bond donors (Lipinski definition) is 2. The van der Waals surface area contributed by atoms with E-state index < -0.39 is 39.9 Å². The molecule has 108 valence electrons. The average molecular weight is 286 g/mol. The second-order valence-corrected chi connectivity index (χ2v) is 3.74. The van der Waals surface area contributed by atoms with Crippen LogP contribution in [0.2, 0.25) is 0 Å². The number of nitro groups is 1. The van der Waals surface area contributed by atoms with Crippen molar-refractivity contribution >= 4 is 17.6 Å². The van der Waals surface area contributed by atoms with Crippen LogP contribution in [0.3, 0.4) is 0 Å². The Morgan fingerprint density at radius 2 is 2.20 bits per heavy atom. The lowest BCUT2D eigenvalue weighted by Gasteiger charge is -2.13. The minimum atomic E-state index is -1.35. The van der Waals surface area contributed by atoms with Crippen LogP contribution in [0.5, 0.6) is 0 Å². The molecule has 8 nitrogen and oxygen atoms in total. The molecule has 0 fully saturated rings. The monoisotopic (exact) mass is 286 g/mol. The molecule has 1 aromatic rings. The molecule has 1 aromatic carbocycles. The van der Waals surface area contributed by atoms with E-state index in [9.17, 15) is 24.1 Å². The van der Waals surface area contributed by atoms with Crippen LogP contribution in [0.1, 0.15) is 10.4 Å². The number of halogens is 1. The molecule has 20 heavy (non-hydrogen) atoms. The maximum atomic E-state index is 13.6. The molecule has 2 N–H and O–H groups in total. The zero-order valence-corrected chi connectivity index (χ0v) is 10.3. The Hall–Kier alpha value is -2.55. The summed E-state index contributed by atoms with van der Waals surface area (Å²) in [4.78, 5) is 32.1. The molecule has 0 spiro atoms. The topological polar surface area (TPSA) is 119 Å². The van der Waals surface area contributed by atoms with Crippen molar-refractivity contribution in [2.45, 2.75) is 6.04 Å². The highest BCUT2D eigenvalue weighted by Crippen LogP contribution is 2.16. The molecule has 1 atom stereocenters. The normalized spacial score (nSPS) is 11.7. The molecule has 9 heteroatoms. The summed E-state index contributed by atoms with van der Waals surface area (Å²) in [5, 5.41) is 21.3. The Bertz CT molecular complexity index is 548. The molecule has 0 aliphatic carbocycles. The van der Waals surface area contributed by atoms with Crippen LogP contribution in [0.15, 0.2) is 18.2 Å². The number of amides is 1. The highest BCUT2D eigenvalue weighted by molar-refractivity contribution is 5.97. The number of nitrogens with zero attached hydrogens (tertiary/aromatic N) is 1. The van der Waals surface area contributed by atoms with Crippen LogP contribution in [-0.4, -0.2) is 41.7 Å². The van der Waals surface area contributed by atoms with Gasteiger partial charge in [0.15, 0.2) is 6.04 Å². The lowest BCUT2D eigenvalue weighted by molar-refractivity contribution is -0.385. The fraction of sp³-hybridized carbons (Fsp3) is 0.273. The lowest BCUT2D eigenvalue weighted by Crippen LogP contribution is -2.44. The number of nitrogens with one attached hydrogen (secondary N) is 1. The number of benzene rings is 1. The van der Waals surface area contributed by atoms with Crippen molar-refractivity contribution in [3.05, 3.63) is 39.7 Å². The Kier molecular flexibility index (Phi) is 5.09. The number of aliphatic carboxylic acids is 1. The third kappa shape index (κ3) is 3.72. The number of non-ortho nitro benzene ring substituents is 1. The van der Waals surface area contributed by atoms with Crippen molar-refractivity contribution in [1.82, 2.24) is 5.32 Å². The van der Waals surface area contributed by atoms with Crippen molar-refractivity contribution in [3.8, 4) is 0 Å². The Labute approximate surface area is 112 Å². The van der Waals surface area contributed by atoms with E-state index in [2.05, 4.69) is 4.74 Å². The molecule has 0 radical (unpaired) electrons. The number of carboxylic acid groups (broad SMARTS) is 1. The minimum absolute atomic E-state index is 0.296. The summed E-state index contributed by atoms with van der Waals surface area (Å²) in [5.74, 6) is -3.46. The summed E-state index contributed by atoms with van der Waals surface area (Å²) in [6, 6.07) is 1.10. The second-order valence-electron chi connectivity index (χ2n) is 3.74. The number of methoxy groups -OCH3 is 1. The smallest absolute Gasteiger partial charge is 0.328 e. The van der Waals surface area contributed by atoms with E-state index >= 15 is 0 Å². The first-order valence-corrected chi connectivity index (χ1v) is 5.33. The van der Waals surface area contributed by atoms with Gasteiger partial charge in [0.05, 0.1) is 23.2 Å². The highest BCUT2D eigenvalue weighted by Gasteiger charge is 2.23. The molecular weight excluding hydrogens is 275 g/mol. The van der Waals surface area contributed by atoms with E-state index in [0.717, 1.165) is 12.1 Å². The highest BCUT2D eigenvalue weighted by atomic mass is 19.1. The standard InChI is InChI=1S/C11H11FN2O6/c1-20-5-9(11(16)17)13-10(15)7-3-2-6(14(18)19)4-8(7)12/h2-4,9H,5H2,1H3,(H,13,15)(H,16,17). The predicted octanol–water partition coefficient (Wildman–Crippen LogP) is 0.563. The first kappa shape index (κ1) is 15.5. The van der Waals surface area contributed by atoms with Gasteiger partial charge in [-0.25, -0.2) is 9.18 Å². The van der Waals surface area contributed by atoms with Crippen molar-refractivity contribution in [2.75, 3.05) is 13.7 Å². The molecule has 0 aromatic heterocycles. The second kappa shape index (κ2) is 6.57. The van der Waals surface area contributed by atoms with Gasteiger partial charge in [-0.3, -0.25) is 14.9 Å². The number of carbonyl (C=O) groups is 2. The van der Waals surface area contributed by atoms with E-state index in [1.807, 2.05) is 5.32 Å². The Morgan fingerprint density at radius 1 is 1.55 bits per heavy atom. The summed E-state index contributed by atoms with van der Waals surface area (Å²) in [6.07, 6.45) is 0. The maximum Gasteiger partial charge on any atom is 0.328 e. The van der Waals surface area contributed by atoms with Crippen LogP contribution in [-0.2, 0) is 9.53 Å². The van der Waals surface area contributed by atoms with Crippen molar-refractivity contribution < 1.29 is 28.7 Å². The van der Waals surface area contributed by atoms with Gasteiger partial charge in [-0.05, 0) is 6.07 Å².